The zero-order valence-electron chi connectivity index (χ0n) is 17.5. The summed E-state index contributed by atoms with van der Waals surface area (Å²) in [7, 11) is -2.40. The van der Waals surface area contributed by atoms with Crippen molar-refractivity contribution in [1.82, 2.24) is 9.62 Å². The number of carbonyl (C=O) groups excluding carboxylic acids is 3. The van der Waals surface area contributed by atoms with Crippen LogP contribution in [0.25, 0.3) is 0 Å². The normalized spacial score (nSPS) is 16.7. The number of nitrogens with one attached hydrogen (secondary N) is 1. The second kappa shape index (κ2) is 10.4. The van der Waals surface area contributed by atoms with Crippen molar-refractivity contribution in [2.45, 2.75) is 30.2 Å². The van der Waals surface area contributed by atoms with Crippen LogP contribution in [0.15, 0.2) is 59.5 Å². The van der Waals surface area contributed by atoms with Crippen molar-refractivity contribution in [3.05, 3.63) is 60.2 Å². The molecule has 2 aromatic rings. The molecule has 10 heteroatoms. The number of ether oxygens (including phenoxy) is 2. The van der Waals surface area contributed by atoms with Gasteiger partial charge >= 0.3 is 5.97 Å². The van der Waals surface area contributed by atoms with Gasteiger partial charge in [-0.1, -0.05) is 18.2 Å². The number of piperidine rings is 1. The van der Waals surface area contributed by atoms with Crippen LogP contribution in [0.4, 0.5) is 0 Å². The molecule has 1 aliphatic heterocycles. The Hall–Kier alpha value is -3.24. The molecule has 1 fully saturated rings. The summed E-state index contributed by atoms with van der Waals surface area (Å²) in [5, 5.41) is 2.13. The fourth-order valence-corrected chi connectivity index (χ4v) is 5.03. The number of nitrogens with zero attached hydrogens (tertiary/aromatic N) is 1. The summed E-state index contributed by atoms with van der Waals surface area (Å²) >= 11 is 0. The number of sulfonamides is 1. The Morgan fingerprint density at radius 3 is 2.38 bits per heavy atom. The summed E-state index contributed by atoms with van der Waals surface area (Å²) in [6.45, 7) is -0.518. The lowest BCUT2D eigenvalue weighted by Crippen LogP contribution is -2.49. The molecule has 1 atom stereocenters. The molecule has 1 aliphatic rings. The second-order valence-corrected chi connectivity index (χ2v) is 9.04. The predicted octanol–water partition coefficient (Wildman–Crippen LogP) is 1.74. The zero-order chi connectivity index (χ0) is 23.1. The summed E-state index contributed by atoms with van der Waals surface area (Å²) in [6, 6.07) is 12.9. The Labute approximate surface area is 186 Å². The number of methoxy groups -OCH3 is 1. The molecule has 1 heterocycles. The first-order chi connectivity index (χ1) is 15.3. The number of carbonyl (C=O) groups is 3. The number of imide groups is 1. The van der Waals surface area contributed by atoms with Gasteiger partial charge in [0.2, 0.25) is 10.0 Å². The summed E-state index contributed by atoms with van der Waals surface area (Å²) in [5.74, 6) is -1.73. The molecular formula is C22H24N2O7S. The van der Waals surface area contributed by atoms with Gasteiger partial charge < -0.3 is 9.47 Å². The zero-order valence-corrected chi connectivity index (χ0v) is 18.3. The Bertz CT molecular complexity index is 1070. The number of hydrogen-bond acceptors (Lipinski definition) is 7. The van der Waals surface area contributed by atoms with Crippen LogP contribution in [0.1, 0.15) is 29.6 Å². The van der Waals surface area contributed by atoms with Crippen LogP contribution < -0.4 is 10.1 Å². The van der Waals surface area contributed by atoms with Crippen molar-refractivity contribution in [2.24, 2.45) is 0 Å². The van der Waals surface area contributed by atoms with Crippen molar-refractivity contribution in [3.63, 3.8) is 0 Å². The molecular weight excluding hydrogens is 436 g/mol. The standard InChI is InChI=1S/C22H24N2O7S/c1-30-17-12-10-16(11-13-17)21(26)23-20(25)15-31-22(27)19-9-5-6-14-24(19)32(28,29)18-7-3-2-4-8-18/h2-4,7-8,10-13,19H,5-6,9,14-15H2,1H3,(H,23,25,26). The minimum atomic E-state index is -3.89. The fraction of sp³-hybridized carbons (Fsp3) is 0.318. The van der Waals surface area contributed by atoms with Gasteiger partial charge in [-0.05, 0) is 55.7 Å². The molecule has 0 saturated carbocycles. The van der Waals surface area contributed by atoms with Crippen molar-refractivity contribution in [3.8, 4) is 5.75 Å². The van der Waals surface area contributed by atoms with Gasteiger partial charge in [-0.15, -0.1) is 0 Å². The van der Waals surface area contributed by atoms with Crippen LogP contribution in [-0.2, 0) is 24.3 Å². The van der Waals surface area contributed by atoms with E-state index in [0.717, 1.165) is 4.31 Å². The Morgan fingerprint density at radius 1 is 1.03 bits per heavy atom. The summed E-state index contributed by atoms with van der Waals surface area (Å²) in [5.41, 5.74) is 0.234. The maximum Gasteiger partial charge on any atom is 0.324 e. The van der Waals surface area contributed by atoms with Crippen LogP contribution in [0.3, 0.4) is 0 Å². The van der Waals surface area contributed by atoms with Crippen molar-refractivity contribution in [1.29, 1.82) is 0 Å². The monoisotopic (exact) mass is 460 g/mol. The van der Waals surface area contributed by atoms with Crippen molar-refractivity contribution >= 4 is 27.8 Å². The minimum absolute atomic E-state index is 0.0857. The van der Waals surface area contributed by atoms with Crippen LogP contribution in [0, 0.1) is 0 Å². The van der Waals surface area contributed by atoms with E-state index < -0.39 is 40.5 Å². The summed E-state index contributed by atoms with van der Waals surface area (Å²) in [6.07, 6.45) is 1.56. The molecule has 9 nitrogen and oxygen atoms in total. The molecule has 1 unspecified atom stereocenters. The largest absolute Gasteiger partial charge is 0.497 e. The molecule has 0 radical (unpaired) electrons. The van der Waals surface area contributed by atoms with Gasteiger partial charge in [-0.3, -0.25) is 19.7 Å². The lowest BCUT2D eigenvalue weighted by Gasteiger charge is -2.32. The third kappa shape index (κ3) is 5.51. The smallest absolute Gasteiger partial charge is 0.324 e. The van der Waals surface area contributed by atoms with E-state index in [1.807, 2.05) is 0 Å². The van der Waals surface area contributed by atoms with E-state index in [0.29, 0.717) is 18.6 Å². The highest BCUT2D eigenvalue weighted by Gasteiger charge is 2.38. The van der Waals surface area contributed by atoms with Gasteiger partial charge in [0.25, 0.3) is 11.8 Å². The van der Waals surface area contributed by atoms with Crippen LogP contribution in [0.2, 0.25) is 0 Å². The van der Waals surface area contributed by atoms with Gasteiger partial charge in [-0.2, -0.15) is 4.31 Å². The molecule has 3 rings (SSSR count). The third-order valence-corrected chi connectivity index (χ3v) is 6.95. The molecule has 0 aromatic heterocycles. The molecule has 1 N–H and O–H groups in total. The van der Waals surface area contributed by atoms with Crippen LogP contribution >= 0.6 is 0 Å². The van der Waals surface area contributed by atoms with Gasteiger partial charge in [0.15, 0.2) is 6.61 Å². The summed E-state index contributed by atoms with van der Waals surface area (Å²) in [4.78, 5) is 36.9. The van der Waals surface area contributed by atoms with Gasteiger partial charge in [-0.25, -0.2) is 8.42 Å². The number of rotatable bonds is 7. The molecule has 2 amide bonds. The average molecular weight is 461 g/mol. The Morgan fingerprint density at radius 2 is 1.72 bits per heavy atom. The molecule has 170 valence electrons. The van der Waals surface area contributed by atoms with E-state index in [2.05, 4.69) is 5.32 Å². The van der Waals surface area contributed by atoms with E-state index in [1.54, 1.807) is 30.3 Å². The minimum Gasteiger partial charge on any atom is -0.497 e. The lowest BCUT2D eigenvalue weighted by molar-refractivity contribution is -0.153. The van der Waals surface area contributed by atoms with E-state index in [4.69, 9.17) is 9.47 Å². The van der Waals surface area contributed by atoms with Crippen molar-refractivity contribution in [2.75, 3.05) is 20.3 Å². The highest BCUT2D eigenvalue weighted by Crippen LogP contribution is 2.26. The Kier molecular flexibility index (Phi) is 7.60. The molecule has 1 saturated heterocycles. The van der Waals surface area contributed by atoms with Gasteiger partial charge in [0, 0.05) is 12.1 Å². The first-order valence-corrected chi connectivity index (χ1v) is 11.5. The second-order valence-electron chi connectivity index (χ2n) is 7.15. The Balaban J connectivity index is 1.60. The van der Waals surface area contributed by atoms with E-state index in [-0.39, 0.29) is 23.4 Å². The maximum atomic E-state index is 13.0. The molecule has 0 aliphatic carbocycles. The third-order valence-electron chi connectivity index (χ3n) is 5.03. The quantitative estimate of drug-likeness (QED) is 0.625. The van der Waals surface area contributed by atoms with Crippen LogP contribution in [-0.4, -0.2) is 56.8 Å². The molecule has 32 heavy (non-hydrogen) atoms. The molecule has 0 bridgehead atoms. The molecule has 0 spiro atoms. The van der Waals surface area contributed by atoms with E-state index in [9.17, 15) is 22.8 Å². The average Bonchev–Trinajstić information content (AvgIpc) is 2.83. The number of hydrogen-bond donors (Lipinski definition) is 1. The van der Waals surface area contributed by atoms with Gasteiger partial charge in [0.1, 0.15) is 11.8 Å². The number of benzene rings is 2. The lowest BCUT2D eigenvalue weighted by atomic mass is 10.1. The van der Waals surface area contributed by atoms with Gasteiger partial charge in [0.05, 0.1) is 12.0 Å². The fourth-order valence-electron chi connectivity index (χ4n) is 3.37. The number of amides is 2. The maximum absolute atomic E-state index is 13.0. The first-order valence-electron chi connectivity index (χ1n) is 10.0. The van der Waals surface area contributed by atoms with E-state index >= 15 is 0 Å². The first kappa shape index (κ1) is 23.4. The SMILES string of the molecule is COc1ccc(C(=O)NC(=O)COC(=O)C2CCCCN2S(=O)(=O)c2ccccc2)cc1. The highest BCUT2D eigenvalue weighted by atomic mass is 32.2. The van der Waals surface area contributed by atoms with Crippen molar-refractivity contribution < 1.29 is 32.3 Å². The predicted molar refractivity (Wildman–Crippen MR) is 114 cm³/mol. The highest BCUT2D eigenvalue weighted by molar-refractivity contribution is 7.89. The van der Waals surface area contributed by atoms with Crippen LogP contribution in [0.5, 0.6) is 5.75 Å². The van der Waals surface area contributed by atoms with E-state index in [1.165, 1.54) is 31.4 Å². The topological polar surface area (TPSA) is 119 Å². The molecule has 2 aromatic carbocycles. The number of esters is 1. The summed E-state index contributed by atoms with van der Waals surface area (Å²) < 4.78 is 37.1.